The molecule has 4 amide bonds. The van der Waals surface area contributed by atoms with Crippen LogP contribution in [0, 0.1) is 36.8 Å². The summed E-state index contributed by atoms with van der Waals surface area (Å²) >= 11 is 0. The lowest BCUT2D eigenvalue weighted by Crippen LogP contribution is -2.57. The molecule has 6 aliphatic heterocycles. The van der Waals surface area contributed by atoms with E-state index in [1.807, 2.05) is 0 Å². The predicted octanol–water partition coefficient (Wildman–Crippen LogP) is 3.29. The van der Waals surface area contributed by atoms with Crippen molar-refractivity contribution in [2.24, 2.45) is 23.7 Å². The van der Waals surface area contributed by atoms with Crippen LogP contribution in [0.4, 0.5) is 49.1 Å². The second-order valence-electron chi connectivity index (χ2n) is 15.3. The number of aliphatic hydroxyl groups is 4. The van der Waals surface area contributed by atoms with Crippen molar-refractivity contribution >= 4 is 46.4 Å². The molecule has 2 aromatic carbocycles. The summed E-state index contributed by atoms with van der Waals surface area (Å²) in [5.41, 5.74) is -10.6. The van der Waals surface area contributed by atoms with Gasteiger partial charge in [-0.15, -0.1) is 0 Å². The zero-order valence-electron chi connectivity index (χ0n) is 29.4. The first-order chi connectivity index (χ1) is 25.7. The Hall–Kier alpha value is -4.96. The number of carbonyl (C=O) groups is 4. The maximum atomic E-state index is 13.3. The van der Waals surface area contributed by atoms with Crippen molar-refractivity contribution in [1.82, 2.24) is 0 Å². The molecule has 6 fully saturated rings. The fraction of sp³-hybridized carbons (Fsp3) is 0.500. The van der Waals surface area contributed by atoms with Crippen LogP contribution < -0.4 is 9.80 Å². The van der Waals surface area contributed by atoms with Gasteiger partial charge in [0, 0.05) is 11.4 Å². The van der Waals surface area contributed by atoms with Crippen molar-refractivity contribution in [3.8, 4) is 0 Å². The third kappa shape index (κ3) is 4.83. The number of ether oxygens (including phenoxy) is 2. The highest BCUT2D eigenvalue weighted by atomic mass is 19.4. The minimum atomic E-state index is -4.84. The molecule has 4 unspecified atom stereocenters. The third-order valence-corrected chi connectivity index (χ3v) is 12.2. The smallest absolute Gasteiger partial charge is 0.387 e. The zero-order chi connectivity index (χ0) is 41.6. The highest BCUT2D eigenvalue weighted by Crippen LogP contribution is 2.62. The Morgan fingerprint density at radius 3 is 1.02 bits per heavy atom. The molecule has 6 heterocycles. The number of aliphatic hydroxyl groups excluding tert-OH is 4. The summed E-state index contributed by atoms with van der Waals surface area (Å²) in [5.74, 6) is -7.80. The van der Waals surface area contributed by atoms with Crippen LogP contribution in [0.5, 0.6) is 0 Å². The van der Waals surface area contributed by atoms with Crippen molar-refractivity contribution < 1.29 is 75.4 Å². The Morgan fingerprint density at radius 2 is 0.804 bits per heavy atom. The molecule has 20 heteroatoms. The number of carbonyl (C=O) groups excluding carboxylic acids is 4. The Labute approximate surface area is 312 Å². The molecule has 6 saturated heterocycles. The minimum Gasteiger partial charge on any atom is -0.387 e. The third-order valence-electron chi connectivity index (χ3n) is 12.2. The molecule has 56 heavy (non-hydrogen) atoms. The number of anilines is 2. The van der Waals surface area contributed by atoms with Gasteiger partial charge in [-0.3, -0.25) is 19.2 Å². The predicted molar refractivity (Wildman–Crippen MR) is 174 cm³/mol. The summed E-state index contributed by atoms with van der Waals surface area (Å²) in [6.07, 6.45) is -15.4. The van der Waals surface area contributed by atoms with E-state index in [9.17, 15) is 65.9 Å². The lowest BCUT2D eigenvalue weighted by Gasteiger charge is -2.35. The van der Waals surface area contributed by atoms with E-state index in [-0.39, 0.29) is 11.4 Å². The topological polar surface area (TPSA) is 183 Å². The average Bonchev–Trinajstić information content (AvgIpc) is 3.83. The molecule has 296 valence electrons. The average molecular weight is 793 g/mol. The molecule has 14 nitrogen and oxygen atoms in total. The quantitative estimate of drug-likeness (QED) is 0.200. The fourth-order valence-electron chi connectivity index (χ4n) is 9.57. The van der Waals surface area contributed by atoms with Gasteiger partial charge in [-0.1, -0.05) is 12.1 Å². The van der Waals surface area contributed by atoms with Gasteiger partial charge in [-0.05, 0) is 52.0 Å². The number of rotatable bonds is 2. The van der Waals surface area contributed by atoms with Crippen LogP contribution in [0.15, 0.2) is 36.4 Å². The van der Waals surface area contributed by atoms with Crippen LogP contribution in [-0.4, -0.2) is 90.9 Å². The van der Waals surface area contributed by atoms with Gasteiger partial charge in [0.25, 0.3) is 0 Å². The van der Waals surface area contributed by atoms with Gasteiger partial charge in [-0.25, -0.2) is 19.5 Å². The molecule has 0 aliphatic carbocycles. The van der Waals surface area contributed by atoms with E-state index in [0.717, 1.165) is 24.3 Å². The molecule has 8 rings (SSSR count). The number of benzene rings is 2. The van der Waals surface area contributed by atoms with Gasteiger partial charge in [0.15, 0.2) is 11.4 Å². The van der Waals surface area contributed by atoms with Crippen molar-refractivity contribution in [2.45, 2.75) is 86.9 Å². The van der Waals surface area contributed by atoms with Gasteiger partial charge in [0.1, 0.15) is 46.8 Å². The van der Waals surface area contributed by atoms with E-state index in [1.165, 1.54) is 27.7 Å². The van der Waals surface area contributed by atoms with Gasteiger partial charge < -0.3 is 29.9 Å². The van der Waals surface area contributed by atoms with Crippen LogP contribution in [0.3, 0.4) is 0 Å². The van der Waals surface area contributed by atoms with Gasteiger partial charge in [0.05, 0.1) is 47.9 Å². The molecule has 6 aliphatic rings. The number of alkyl halides is 6. The molecule has 12 atom stereocenters. The van der Waals surface area contributed by atoms with Crippen LogP contribution in [0.1, 0.15) is 38.8 Å². The molecule has 0 saturated carbocycles. The van der Waals surface area contributed by atoms with E-state index in [4.69, 9.17) is 22.6 Å². The summed E-state index contributed by atoms with van der Waals surface area (Å²) in [6, 6.07) is 5.17. The van der Waals surface area contributed by atoms with E-state index >= 15 is 0 Å². The number of fused-ring (bicyclic) bond motifs is 10. The van der Waals surface area contributed by atoms with Crippen molar-refractivity contribution in [1.29, 1.82) is 0 Å². The highest BCUT2D eigenvalue weighted by Gasteiger charge is 2.80. The van der Waals surface area contributed by atoms with Crippen molar-refractivity contribution in [3.63, 3.8) is 0 Å². The standard InChI is InChI=1S/2C18H15F3N2O5/c2*1-16-10-11(17(2,28-16)13(25)12(16)24)15(27)23(14(10)26)7-4-5-9(22-3)8(6-7)18(19,20)21/h2*4-6,10-13,24-25H,1-2H3/t10-,11+,12+,13-,16?,17?;10-,11+,12-,13+,16?,17?. The minimum absolute atomic E-state index is 0.320. The molecule has 0 spiro atoms. The first kappa shape index (κ1) is 39.3. The number of imide groups is 2. The summed E-state index contributed by atoms with van der Waals surface area (Å²) < 4.78 is 91.0. The van der Waals surface area contributed by atoms with E-state index in [2.05, 4.69) is 9.69 Å². The first-order valence-corrected chi connectivity index (χ1v) is 16.8. The second-order valence-corrected chi connectivity index (χ2v) is 15.3. The normalized spacial score (nSPS) is 39.4. The largest absolute Gasteiger partial charge is 0.407 e. The molecular weight excluding hydrogens is 762 g/mol. The van der Waals surface area contributed by atoms with Crippen LogP contribution >= 0.6 is 0 Å². The van der Waals surface area contributed by atoms with E-state index in [1.54, 1.807) is 0 Å². The monoisotopic (exact) mass is 792 g/mol. The summed E-state index contributed by atoms with van der Waals surface area (Å²) in [5, 5.41) is 41.2. The number of hydrogen-bond acceptors (Lipinski definition) is 10. The Kier molecular flexibility index (Phi) is 8.27. The highest BCUT2D eigenvalue weighted by molar-refractivity contribution is 6.24. The van der Waals surface area contributed by atoms with Crippen LogP contribution in [-0.2, 0) is 41.0 Å². The summed E-state index contributed by atoms with van der Waals surface area (Å²) in [4.78, 5) is 58.9. The number of nitrogens with zero attached hydrogens (tertiary/aromatic N) is 4. The van der Waals surface area contributed by atoms with Gasteiger partial charge in [0.2, 0.25) is 23.6 Å². The Balaban J connectivity index is 0.000000172. The number of hydrogen-bond donors (Lipinski definition) is 4. The summed E-state index contributed by atoms with van der Waals surface area (Å²) in [6.45, 7) is 19.4. The maximum Gasteiger partial charge on any atom is 0.407 e. The maximum absolute atomic E-state index is 13.3. The van der Waals surface area contributed by atoms with Crippen LogP contribution in [0.2, 0.25) is 0 Å². The zero-order valence-corrected chi connectivity index (χ0v) is 29.4. The SMILES string of the molecule is [C-]#[N+]c1ccc(N2C(=O)[C@@H]3[C@H](C2=O)C2(C)OC3(C)[C@@H](O)[C@H]2O)cc1C(F)(F)F.[C-]#[N+]c1ccc(N2C(=O)[C@@H]3[C@H](C2=O)C2(C)OC3(C)[C@H](O)[C@@H]2O)cc1C(F)(F)F. The van der Waals surface area contributed by atoms with Gasteiger partial charge >= 0.3 is 12.4 Å². The van der Waals surface area contributed by atoms with E-state index in [0.29, 0.717) is 21.9 Å². The van der Waals surface area contributed by atoms with Crippen LogP contribution in [0.25, 0.3) is 9.69 Å². The summed E-state index contributed by atoms with van der Waals surface area (Å²) in [7, 11) is 0. The Morgan fingerprint density at radius 1 is 0.554 bits per heavy atom. The van der Waals surface area contributed by atoms with Crippen molar-refractivity contribution in [3.05, 3.63) is 70.4 Å². The fourth-order valence-corrected chi connectivity index (χ4v) is 9.57. The number of halogens is 6. The second kappa shape index (κ2) is 11.8. The van der Waals surface area contributed by atoms with Crippen molar-refractivity contribution in [2.75, 3.05) is 9.80 Å². The number of amides is 4. The Bertz CT molecular complexity index is 1990. The molecular formula is C36H30F6N4O10. The molecule has 2 aromatic rings. The molecule has 0 aromatic heterocycles. The first-order valence-electron chi connectivity index (χ1n) is 16.8. The lowest BCUT2D eigenvalue weighted by molar-refractivity contribution is -0.137. The van der Waals surface area contributed by atoms with Gasteiger partial charge in [-0.2, -0.15) is 26.3 Å². The molecule has 0 radical (unpaired) electrons. The molecule has 4 bridgehead atoms. The van der Waals surface area contributed by atoms with E-state index < -0.39 is 129 Å². The molecule has 4 N–H and O–H groups in total. The lowest BCUT2D eigenvalue weighted by atomic mass is 9.66.